The average molecular weight is 390 g/mol. The molecule has 0 aliphatic rings. The topological polar surface area (TPSA) is 108 Å². The van der Waals surface area contributed by atoms with Crippen LogP contribution in [0.4, 0.5) is 5.95 Å². The number of benzene rings is 1. The van der Waals surface area contributed by atoms with Crippen LogP contribution in [0, 0.1) is 6.92 Å². The highest BCUT2D eigenvalue weighted by atomic mass is 79.9. The van der Waals surface area contributed by atoms with E-state index in [-0.39, 0.29) is 11.5 Å². The van der Waals surface area contributed by atoms with Crippen LogP contribution in [0.2, 0.25) is 0 Å². The van der Waals surface area contributed by atoms with Crippen molar-refractivity contribution in [2.24, 2.45) is 7.05 Å². The predicted octanol–water partition coefficient (Wildman–Crippen LogP) is 1.08. The normalized spacial score (nSPS) is 10.6. The molecular weight excluding hydrogens is 378 g/mol. The molecule has 1 N–H and O–H groups in total. The SMILES string of the molecule is Cc1cc(C(=O)Nc2nnnn2C)c(=O)n(-c2ccc(Br)cc2)n1. The van der Waals surface area contributed by atoms with Gasteiger partial charge in [-0.25, -0.2) is 4.68 Å². The van der Waals surface area contributed by atoms with Crippen LogP contribution in [-0.2, 0) is 7.05 Å². The molecule has 0 unspecified atom stereocenters. The summed E-state index contributed by atoms with van der Waals surface area (Å²) in [5.74, 6) is -0.460. The van der Waals surface area contributed by atoms with Gasteiger partial charge >= 0.3 is 0 Å². The van der Waals surface area contributed by atoms with Gasteiger partial charge in [0.2, 0.25) is 5.95 Å². The van der Waals surface area contributed by atoms with Crippen LogP contribution < -0.4 is 10.9 Å². The highest BCUT2D eigenvalue weighted by Gasteiger charge is 2.17. The molecule has 0 radical (unpaired) electrons. The first-order valence-corrected chi connectivity index (χ1v) is 7.65. The van der Waals surface area contributed by atoms with Gasteiger partial charge in [-0.2, -0.15) is 9.78 Å². The summed E-state index contributed by atoms with van der Waals surface area (Å²) in [4.78, 5) is 25.0. The first-order valence-electron chi connectivity index (χ1n) is 6.86. The van der Waals surface area contributed by atoms with E-state index in [4.69, 9.17) is 0 Å². The minimum atomic E-state index is -0.603. The number of halogens is 1. The number of carbonyl (C=O) groups is 1. The summed E-state index contributed by atoms with van der Waals surface area (Å²) in [7, 11) is 1.58. The molecule has 122 valence electrons. The largest absolute Gasteiger partial charge is 0.289 e. The third-order valence-electron chi connectivity index (χ3n) is 3.20. The number of nitrogens with zero attached hydrogens (tertiary/aromatic N) is 6. The van der Waals surface area contributed by atoms with Crippen molar-refractivity contribution in [2.45, 2.75) is 6.92 Å². The van der Waals surface area contributed by atoms with Gasteiger partial charge in [-0.1, -0.05) is 21.0 Å². The molecule has 0 bridgehead atoms. The molecule has 2 heterocycles. The summed E-state index contributed by atoms with van der Waals surface area (Å²) in [5, 5.41) is 17.4. The van der Waals surface area contributed by atoms with Gasteiger partial charge in [0.1, 0.15) is 5.56 Å². The van der Waals surface area contributed by atoms with Crippen molar-refractivity contribution in [1.82, 2.24) is 30.0 Å². The molecule has 2 aromatic heterocycles. The fourth-order valence-electron chi connectivity index (χ4n) is 2.04. The summed E-state index contributed by atoms with van der Waals surface area (Å²) in [6.45, 7) is 1.70. The fourth-order valence-corrected chi connectivity index (χ4v) is 2.31. The maximum atomic E-state index is 12.6. The van der Waals surface area contributed by atoms with Crippen molar-refractivity contribution in [3.63, 3.8) is 0 Å². The molecule has 0 aliphatic carbocycles. The van der Waals surface area contributed by atoms with Gasteiger partial charge in [-0.3, -0.25) is 14.9 Å². The van der Waals surface area contributed by atoms with Gasteiger partial charge in [-0.05, 0) is 47.7 Å². The second-order valence-corrected chi connectivity index (χ2v) is 5.89. The third kappa shape index (κ3) is 3.08. The Bertz CT molecular complexity index is 962. The first kappa shape index (κ1) is 16.0. The third-order valence-corrected chi connectivity index (χ3v) is 3.72. The Morgan fingerprint density at radius 2 is 1.96 bits per heavy atom. The van der Waals surface area contributed by atoms with E-state index in [1.165, 1.54) is 15.4 Å². The van der Waals surface area contributed by atoms with E-state index >= 15 is 0 Å². The zero-order valence-corrected chi connectivity index (χ0v) is 14.4. The predicted molar refractivity (Wildman–Crippen MR) is 89.0 cm³/mol. The summed E-state index contributed by atoms with van der Waals surface area (Å²) in [5.41, 5.74) is 0.504. The Balaban J connectivity index is 2.03. The standard InChI is InChI=1S/C14H12BrN7O2/c1-8-7-11(12(23)16-14-17-19-20-21(14)2)13(24)22(18-8)10-5-3-9(15)4-6-10/h3-7H,1-2H3,(H,16,17,20,23). The van der Waals surface area contributed by atoms with Gasteiger partial charge in [0, 0.05) is 11.5 Å². The molecule has 0 atom stereocenters. The molecule has 0 spiro atoms. The Labute approximate surface area is 144 Å². The number of carbonyl (C=O) groups excluding carboxylic acids is 1. The van der Waals surface area contributed by atoms with Gasteiger partial charge in [0.05, 0.1) is 11.4 Å². The minimum absolute atomic E-state index is 0.0478. The van der Waals surface area contributed by atoms with E-state index in [9.17, 15) is 9.59 Å². The molecule has 0 saturated heterocycles. The molecule has 10 heteroatoms. The summed E-state index contributed by atoms with van der Waals surface area (Å²) >= 11 is 3.34. The van der Waals surface area contributed by atoms with Gasteiger partial charge < -0.3 is 0 Å². The lowest BCUT2D eigenvalue weighted by atomic mass is 10.2. The maximum Gasteiger partial charge on any atom is 0.284 e. The smallest absolute Gasteiger partial charge is 0.284 e. The molecule has 1 aromatic carbocycles. The van der Waals surface area contributed by atoms with Crippen LogP contribution in [0.5, 0.6) is 0 Å². The van der Waals surface area contributed by atoms with E-state index in [1.54, 1.807) is 38.2 Å². The summed E-state index contributed by atoms with van der Waals surface area (Å²) < 4.78 is 3.35. The number of aromatic nitrogens is 6. The summed E-state index contributed by atoms with van der Waals surface area (Å²) in [6, 6.07) is 8.46. The fraction of sp³-hybridized carbons (Fsp3) is 0.143. The monoisotopic (exact) mass is 389 g/mol. The molecule has 0 aliphatic heterocycles. The molecule has 1 amide bonds. The molecule has 0 saturated carbocycles. The quantitative estimate of drug-likeness (QED) is 0.717. The number of aryl methyl sites for hydroxylation is 2. The van der Waals surface area contributed by atoms with Gasteiger partial charge in [0.15, 0.2) is 0 Å². The molecule has 3 aromatic rings. The van der Waals surface area contributed by atoms with E-state index in [0.29, 0.717) is 11.4 Å². The lowest BCUT2D eigenvalue weighted by molar-refractivity contribution is 0.102. The Kier molecular flexibility index (Phi) is 4.21. The molecule has 0 fully saturated rings. The Morgan fingerprint density at radius 1 is 1.25 bits per heavy atom. The van der Waals surface area contributed by atoms with Crippen molar-refractivity contribution in [1.29, 1.82) is 0 Å². The van der Waals surface area contributed by atoms with Crippen LogP contribution >= 0.6 is 15.9 Å². The van der Waals surface area contributed by atoms with E-state index in [1.807, 2.05) is 0 Å². The highest BCUT2D eigenvalue weighted by molar-refractivity contribution is 9.10. The zero-order valence-electron chi connectivity index (χ0n) is 12.8. The number of rotatable bonds is 3. The number of nitrogens with one attached hydrogen (secondary N) is 1. The Morgan fingerprint density at radius 3 is 2.58 bits per heavy atom. The van der Waals surface area contributed by atoms with Crippen LogP contribution in [0.3, 0.4) is 0 Å². The van der Waals surface area contributed by atoms with E-state index in [2.05, 4.69) is 41.9 Å². The highest BCUT2D eigenvalue weighted by Crippen LogP contribution is 2.13. The van der Waals surface area contributed by atoms with Gasteiger partial charge in [0.25, 0.3) is 11.5 Å². The average Bonchev–Trinajstić information content (AvgIpc) is 2.95. The number of hydrogen-bond acceptors (Lipinski definition) is 6. The van der Waals surface area contributed by atoms with Crippen LogP contribution in [0.1, 0.15) is 16.1 Å². The first-order chi connectivity index (χ1) is 11.5. The molecular formula is C14H12BrN7O2. The molecule has 24 heavy (non-hydrogen) atoms. The number of tetrazole rings is 1. The molecule has 9 nitrogen and oxygen atoms in total. The summed E-state index contributed by atoms with van der Waals surface area (Å²) in [6.07, 6.45) is 0. The second kappa shape index (κ2) is 6.32. The maximum absolute atomic E-state index is 12.6. The number of anilines is 1. The second-order valence-electron chi connectivity index (χ2n) is 4.97. The van der Waals surface area contributed by atoms with E-state index in [0.717, 1.165) is 4.47 Å². The zero-order chi connectivity index (χ0) is 17.3. The van der Waals surface area contributed by atoms with Crippen molar-refractivity contribution >= 4 is 27.8 Å². The number of amides is 1. The van der Waals surface area contributed by atoms with Crippen molar-refractivity contribution < 1.29 is 4.79 Å². The van der Waals surface area contributed by atoms with Crippen molar-refractivity contribution in [3.8, 4) is 5.69 Å². The van der Waals surface area contributed by atoms with Crippen LogP contribution in [0.15, 0.2) is 39.6 Å². The molecule has 3 rings (SSSR count). The van der Waals surface area contributed by atoms with Crippen LogP contribution in [0.25, 0.3) is 5.69 Å². The van der Waals surface area contributed by atoms with Crippen molar-refractivity contribution in [3.05, 3.63) is 56.4 Å². The van der Waals surface area contributed by atoms with Gasteiger partial charge in [-0.15, -0.1) is 0 Å². The van der Waals surface area contributed by atoms with Crippen molar-refractivity contribution in [2.75, 3.05) is 5.32 Å². The lowest BCUT2D eigenvalue weighted by Crippen LogP contribution is -2.31. The van der Waals surface area contributed by atoms with Crippen LogP contribution in [-0.4, -0.2) is 35.9 Å². The minimum Gasteiger partial charge on any atom is -0.289 e. The lowest BCUT2D eigenvalue weighted by Gasteiger charge is -2.09. The number of hydrogen-bond donors (Lipinski definition) is 1. The van der Waals surface area contributed by atoms with E-state index < -0.39 is 11.5 Å². The Hall–Kier alpha value is -2.88.